The number of nitro groups is 1. The van der Waals surface area contributed by atoms with E-state index in [1.807, 2.05) is 25.1 Å². The third kappa shape index (κ3) is 3.42. The highest BCUT2D eigenvalue weighted by molar-refractivity contribution is 9.10. The Morgan fingerprint density at radius 1 is 1.47 bits per heavy atom. The SMILES string of the molecule is C[C@H](NCc1ccc(Br)c([N+](=O)[O-])c1)c1ccco1. The molecule has 2 aromatic rings. The van der Waals surface area contributed by atoms with Crippen LogP contribution < -0.4 is 5.32 Å². The third-order valence-electron chi connectivity index (χ3n) is 2.79. The van der Waals surface area contributed by atoms with Crippen LogP contribution in [0.2, 0.25) is 0 Å². The van der Waals surface area contributed by atoms with Crippen LogP contribution in [0.25, 0.3) is 0 Å². The number of rotatable bonds is 5. The summed E-state index contributed by atoms with van der Waals surface area (Å²) in [6, 6.07) is 8.87. The van der Waals surface area contributed by atoms with E-state index >= 15 is 0 Å². The summed E-state index contributed by atoms with van der Waals surface area (Å²) in [5.74, 6) is 0.839. The van der Waals surface area contributed by atoms with Crippen molar-refractivity contribution in [1.82, 2.24) is 5.32 Å². The Hall–Kier alpha value is -1.66. The minimum atomic E-state index is -0.399. The molecule has 1 aromatic heterocycles. The van der Waals surface area contributed by atoms with Gasteiger partial charge in [-0.05, 0) is 46.6 Å². The Morgan fingerprint density at radius 2 is 2.26 bits per heavy atom. The number of furan rings is 1. The first kappa shape index (κ1) is 13.8. The van der Waals surface area contributed by atoms with E-state index in [2.05, 4.69) is 21.2 Å². The Morgan fingerprint density at radius 3 is 2.89 bits per heavy atom. The van der Waals surface area contributed by atoms with Crippen molar-refractivity contribution in [2.24, 2.45) is 0 Å². The van der Waals surface area contributed by atoms with Crippen molar-refractivity contribution in [3.63, 3.8) is 0 Å². The van der Waals surface area contributed by atoms with Crippen molar-refractivity contribution in [3.05, 3.63) is 62.5 Å². The Labute approximate surface area is 118 Å². The first-order valence-corrected chi connectivity index (χ1v) is 6.57. The maximum atomic E-state index is 10.8. The molecule has 0 saturated carbocycles. The number of hydrogen-bond donors (Lipinski definition) is 1. The largest absolute Gasteiger partial charge is 0.468 e. The summed E-state index contributed by atoms with van der Waals surface area (Å²) in [5.41, 5.74) is 0.929. The van der Waals surface area contributed by atoms with Crippen molar-refractivity contribution in [2.75, 3.05) is 0 Å². The van der Waals surface area contributed by atoms with Crippen molar-refractivity contribution >= 4 is 21.6 Å². The van der Waals surface area contributed by atoms with Gasteiger partial charge in [-0.15, -0.1) is 0 Å². The van der Waals surface area contributed by atoms with Crippen LogP contribution in [-0.4, -0.2) is 4.92 Å². The van der Waals surface area contributed by atoms with Gasteiger partial charge < -0.3 is 9.73 Å². The number of halogens is 1. The van der Waals surface area contributed by atoms with Crippen LogP contribution in [0.1, 0.15) is 24.3 Å². The van der Waals surface area contributed by atoms with Crippen LogP contribution >= 0.6 is 15.9 Å². The van der Waals surface area contributed by atoms with E-state index < -0.39 is 4.92 Å². The van der Waals surface area contributed by atoms with E-state index in [0.717, 1.165) is 11.3 Å². The topological polar surface area (TPSA) is 68.3 Å². The summed E-state index contributed by atoms with van der Waals surface area (Å²) in [5, 5.41) is 14.1. The minimum Gasteiger partial charge on any atom is -0.468 e. The van der Waals surface area contributed by atoms with Crippen molar-refractivity contribution < 1.29 is 9.34 Å². The molecule has 0 aliphatic carbocycles. The van der Waals surface area contributed by atoms with Gasteiger partial charge in [0.2, 0.25) is 0 Å². The lowest BCUT2D eigenvalue weighted by atomic mass is 10.2. The number of nitrogens with one attached hydrogen (secondary N) is 1. The highest BCUT2D eigenvalue weighted by Crippen LogP contribution is 2.25. The third-order valence-corrected chi connectivity index (χ3v) is 3.46. The molecule has 0 spiro atoms. The summed E-state index contributed by atoms with van der Waals surface area (Å²) in [7, 11) is 0. The lowest BCUT2D eigenvalue weighted by Gasteiger charge is -2.11. The highest BCUT2D eigenvalue weighted by atomic mass is 79.9. The van der Waals surface area contributed by atoms with Crippen LogP contribution in [0.3, 0.4) is 0 Å². The predicted octanol–water partition coefficient (Wildman–Crippen LogP) is 3.80. The summed E-state index contributed by atoms with van der Waals surface area (Å²) in [4.78, 5) is 10.4. The van der Waals surface area contributed by atoms with Gasteiger partial charge in [0.1, 0.15) is 5.76 Å². The fourth-order valence-electron chi connectivity index (χ4n) is 1.72. The number of benzene rings is 1. The summed E-state index contributed by atoms with van der Waals surface area (Å²) < 4.78 is 5.77. The van der Waals surface area contributed by atoms with Crippen molar-refractivity contribution in [3.8, 4) is 0 Å². The molecule has 0 aliphatic rings. The molecule has 0 saturated heterocycles. The zero-order valence-corrected chi connectivity index (χ0v) is 11.9. The fourth-order valence-corrected chi connectivity index (χ4v) is 2.11. The van der Waals surface area contributed by atoms with Gasteiger partial charge in [0.15, 0.2) is 0 Å². The lowest BCUT2D eigenvalue weighted by molar-refractivity contribution is -0.385. The maximum absolute atomic E-state index is 10.8. The molecule has 5 nitrogen and oxygen atoms in total. The molecular weight excluding hydrogens is 312 g/mol. The average Bonchev–Trinajstić information content (AvgIpc) is 2.91. The minimum absolute atomic E-state index is 0.0534. The summed E-state index contributed by atoms with van der Waals surface area (Å²) in [6.07, 6.45) is 1.62. The van der Waals surface area contributed by atoms with Crippen LogP contribution in [0, 0.1) is 10.1 Å². The number of hydrogen-bond acceptors (Lipinski definition) is 4. The monoisotopic (exact) mass is 324 g/mol. The van der Waals surface area contributed by atoms with Crippen molar-refractivity contribution in [1.29, 1.82) is 0 Å². The van der Waals surface area contributed by atoms with Gasteiger partial charge in [0.05, 0.1) is 21.7 Å². The molecule has 1 heterocycles. The quantitative estimate of drug-likeness (QED) is 0.670. The molecule has 0 radical (unpaired) electrons. The molecule has 0 fully saturated rings. The van der Waals surface area contributed by atoms with Crippen LogP contribution in [0.4, 0.5) is 5.69 Å². The van der Waals surface area contributed by atoms with Gasteiger partial charge in [-0.25, -0.2) is 0 Å². The second-order valence-electron chi connectivity index (χ2n) is 4.16. The summed E-state index contributed by atoms with van der Waals surface area (Å²) >= 11 is 3.17. The van der Waals surface area contributed by atoms with E-state index in [4.69, 9.17) is 4.42 Å². The molecule has 100 valence electrons. The second kappa shape index (κ2) is 5.99. The molecule has 6 heteroatoms. The molecule has 1 aromatic carbocycles. The molecule has 1 N–H and O–H groups in total. The molecule has 1 atom stereocenters. The normalized spacial score (nSPS) is 12.3. The van der Waals surface area contributed by atoms with E-state index in [1.54, 1.807) is 18.4 Å². The summed E-state index contributed by atoms with van der Waals surface area (Å²) in [6.45, 7) is 2.52. The van der Waals surface area contributed by atoms with E-state index in [-0.39, 0.29) is 11.7 Å². The fraction of sp³-hybridized carbons (Fsp3) is 0.231. The lowest BCUT2D eigenvalue weighted by Crippen LogP contribution is -2.17. The second-order valence-corrected chi connectivity index (χ2v) is 5.02. The van der Waals surface area contributed by atoms with Gasteiger partial charge in [0, 0.05) is 12.6 Å². The van der Waals surface area contributed by atoms with Gasteiger partial charge in [-0.1, -0.05) is 6.07 Å². The first-order valence-electron chi connectivity index (χ1n) is 5.77. The number of nitro benzene ring substituents is 1. The molecular formula is C13H13BrN2O3. The Kier molecular flexibility index (Phi) is 4.34. The molecule has 0 aliphatic heterocycles. The Balaban J connectivity index is 2.04. The van der Waals surface area contributed by atoms with Gasteiger partial charge in [-0.3, -0.25) is 10.1 Å². The maximum Gasteiger partial charge on any atom is 0.283 e. The predicted molar refractivity (Wildman–Crippen MR) is 74.8 cm³/mol. The Bertz CT molecular complexity index is 569. The average molecular weight is 325 g/mol. The highest BCUT2D eigenvalue weighted by Gasteiger charge is 2.13. The first-order chi connectivity index (χ1) is 9.08. The molecule has 0 bridgehead atoms. The van der Waals surface area contributed by atoms with Crippen LogP contribution in [0.5, 0.6) is 0 Å². The van der Waals surface area contributed by atoms with E-state index in [1.165, 1.54) is 0 Å². The molecule has 2 rings (SSSR count). The van der Waals surface area contributed by atoms with Gasteiger partial charge >= 0.3 is 0 Å². The molecule has 19 heavy (non-hydrogen) atoms. The van der Waals surface area contributed by atoms with E-state index in [0.29, 0.717) is 11.0 Å². The van der Waals surface area contributed by atoms with Gasteiger partial charge in [-0.2, -0.15) is 0 Å². The smallest absolute Gasteiger partial charge is 0.283 e. The zero-order valence-electron chi connectivity index (χ0n) is 10.3. The molecule has 0 unspecified atom stereocenters. The van der Waals surface area contributed by atoms with E-state index in [9.17, 15) is 10.1 Å². The zero-order chi connectivity index (χ0) is 13.8. The van der Waals surface area contributed by atoms with Crippen LogP contribution in [0.15, 0.2) is 45.5 Å². The van der Waals surface area contributed by atoms with Gasteiger partial charge in [0.25, 0.3) is 5.69 Å². The standard InChI is InChI=1S/C13H13BrN2O3/c1-9(13-3-2-6-19-13)15-8-10-4-5-11(14)12(7-10)16(17)18/h2-7,9,15H,8H2,1H3/t9-/m0/s1. The van der Waals surface area contributed by atoms with Crippen molar-refractivity contribution in [2.45, 2.75) is 19.5 Å². The number of nitrogens with zero attached hydrogens (tertiary/aromatic N) is 1. The molecule has 0 amide bonds. The van der Waals surface area contributed by atoms with Crippen LogP contribution in [-0.2, 0) is 6.54 Å².